The van der Waals surface area contributed by atoms with Crippen molar-refractivity contribution in [2.24, 2.45) is 0 Å². The number of unbranched alkanes of at least 4 members (excludes halogenated alkanes) is 2. The summed E-state index contributed by atoms with van der Waals surface area (Å²) in [6, 6.07) is 7.62. The predicted molar refractivity (Wildman–Crippen MR) is 84.8 cm³/mol. The Morgan fingerprint density at radius 3 is 2.55 bits per heavy atom. The van der Waals surface area contributed by atoms with Crippen molar-refractivity contribution in [3.63, 3.8) is 0 Å². The van der Waals surface area contributed by atoms with E-state index in [-0.39, 0.29) is 6.03 Å². The van der Waals surface area contributed by atoms with Crippen LogP contribution in [0.1, 0.15) is 45.6 Å². The largest absolute Gasteiger partial charge is 0.325 e. The molecule has 3 heteroatoms. The van der Waals surface area contributed by atoms with Gasteiger partial charge in [0.05, 0.1) is 5.69 Å². The third-order valence-corrected chi connectivity index (χ3v) is 3.10. The van der Waals surface area contributed by atoms with E-state index in [4.69, 9.17) is 0 Å². The number of amides is 2. The number of para-hydroxylation sites is 1. The van der Waals surface area contributed by atoms with Gasteiger partial charge in [-0.25, -0.2) is 4.79 Å². The van der Waals surface area contributed by atoms with Gasteiger partial charge in [0.15, 0.2) is 0 Å². The van der Waals surface area contributed by atoms with E-state index >= 15 is 0 Å². The van der Waals surface area contributed by atoms with E-state index in [1.807, 2.05) is 38.1 Å². The van der Waals surface area contributed by atoms with Gasteiger partial charge in [0, 0.05) is 25.1 Å². The highest BCUT2D eigenvalue weighted by Gasteiger charge is 2.10. The third kappa shape index (κ3) is 4.97. The molecule has 1 aromatic rings. The van der Waals surface area contributed by atoms with Gasteiger partial charge in [-0.05, 0) is 32.4 Å². The zero-order chi connectivity index (χ0) is 14.8. The van der Waals surface area contributed by atoms with Crippen LogP contribution in [0.25, 0.3) is 0 Å². The Kier molecular flexibility index (Phi) is 7.27. The molecule has 108 valence electrons. The molecule has 0 heterocycles. The van der Waals surface area contributed by atoms with Gasteiger partial charge in [0.2, 0.25) is 0 Å². The van der Waals surface area contributed by atoms with Gasteiger partial charge >= 0.3 is 6.03 Å². The molecule has 0 saturated carbocycles. The fourth-order valence-corrected chi connectivity index (χ4v) is 1.83. The first-order chi connectivity index (χ1) is 9.72. The molecule has 0 spiro atoms. The van der Waals surface area contributed by atoms with Crippen molar-refractivity contribution in [2.45, 2.75) is 40.0 Å². The van der Waals surface area contributed by atoms with E-state index in [0.29, 0.717) is 13.1 Å². The number of nitrogens with zero attached hydrogens (tertiary/aromatic N) is 1. The minimum Gasteiger partial charge on any atom is -0.325 e. The number of benzene rings is 1. The molecule has 0 unspecified atom stereocenters. The van der Waals surface area contributed by atoms with Crippen molar-refractivity contribution in [3.8, 4) is 11.8 Å². The summed E-state index contributed by atoms with van der Waals surface area (Å²) in [7, 11) is 0. The molecule has 0 radical (unpaired) electrons. The number of nitrogens with one attached hydrogen (secondary N) is 1. The lowest BCUT2D eigenvalue weighted by Gasteiger charge is -2.19. The first-order valence-corrected chi connectivity index (χ1v) is 7.36. The average Bonchev–Trinajstić information content (AvgIpc) is 2.46. The van der Waals surface area contributed by atoms with Crippen LogP contribution in [0.2, 0.25) is 0 Å². The summed E-state index contributed by atoms with van der Waals surface area (Å²) in [6.07, 6.45) is 3.16. The standard InChI is InChI=1S/C17H24N2O/c1-4-7-8-9-12-15-13-10-11-14-16(15)18-17(20)19(5-2)6-3/h10-11,13-14H,4-8H2,1-3H3,(H,18,20). The van der Waals surface area contributed by atoms with Gasteiger partial charge in [-0.15, -0.1) is 0 Å². The summed E-state index contributed by atoms with van der Waals surface area (Å²) >= 11 is 0. The van der Waals surface area contributed by atoms with Crippen LogP contribution in [0, 0.1) is 11.8 Å². The van der Waals surface area contributed by atoms with Gasteiger partial charge in [0.1, 0.15) is 0 Å². The molecule has 20 heavy (non-hydrogen) atoms. The number of hydrogen-bond donors (Lipinski definition) is 1. The maximum atomic E-state index is 12.1. The molecule has 3 nitrogen and oxygen atoms in total. The van der Waals surface area contributed by atoms with E-state index in [0.717, 1.165) is 30.5 Å². The van der Waals surface area contributed by atoms with E-state index in [9.17, 15) is 4.79 Å². The SMILES string of the molecule is CCCCC#Cc1ccccc1NC(=O)N(CC)CC. The van der Waals surface area contributed by atoms with Crippen LogP contribution < -0.4 is 5.32 Å². The minimum absolute atomic E-state index is 0.0715. The van der Waals surface area contributed by atoms with Crippen molar-refractivity contribution >= 4 is 11.7 Å². The Bertz CT molecular complexity index is 481. The van der Waals surface area contributed by atoms with Gasteiger partial charge < -0.3 is 10.2 Å². The first kappa shape index (κ1) is 16.1. The fraction of sp³-hybridized carbons (Fsp3) is 0.471. The van der Waals surface area contributed by atoms with Crippen LogP contribution in [-0.4, -0.2) is 24.0 Å². The normalized spacial score (nSPS) is 9.55. The molecule has 0 atom stereocenters. The second-order valence-corrected chi connectivity index (χ2v) is 4.55. The molecular weight excluding hydrogens is 248 g/mol. The second-order valence-electron chi connectivity index (χ2n) is 4.55. The number of hydrogen-bond acceptors (Lipinski definition) is 1. The molecule has 2 amide bonds. The highest BCUT2D eigenvalue weighted by atomic mass is 16.2. The lowest BCUT2D eigenvalue weighted by atomic mass is 10.1. The third-order valence-electron chi connectivity index (χ3n) is 3.10. The van der Waals surface area contributed by atoms with E-state index in [1.165, 1.54) is 0 Å². The van der Waals surface area contributed by atoms with Crippen molar-refractivity contribution in [3.05, 3.63) is 29.8 Å². The summed E-state index contributed by atoms with van der Waals surface area (Å²) in [4.78, 5) is 13.8. The average molecular weight is 272 g/mol. The van der Waals surface area contributed by atoms with Crippen molar-refractivity contribution in [2.75, 3.05) is 18.4 Å². The van der Waals surface area contributed by atoms with Crippen LogP contribution in [0.15, 0.2) is 24.3 Å². The highest BCUT2D eigenvalue weighted by Crippen LogP contribution is 2.14. The molecule has 0 bridgehead atoms. The minimum atomic E-state index is -0.0715. The fourth-order valence-electron chi connectivity index (χ4n) is 1.83. The van der Waals surface area contributed by atoms with E-state index in [1.54, 1.807) is 4.90 Å². The summed E-state index contributed by atoms with van der Waals surface area (Å²) < 4.78 is 0. The number of rotatable bonds is 5. The number of urea groups is 1. The summed E-state index contributed by atoms with van der Waals surface area (Å²) in [6.45, 7) is 7.50. The quantitative estimate of drug-likeness (QED) is 0.635. The summed E-state index contributed by atoms with van der Waals surface area (Å²) in [5.41, 5.74) is 1.66. The molecule has 1 aromatic carbocycles. The smallest absolute Gasteiger partial charge is 0.321 e. The van der Waals surface area contributed by atoms with Crippen LogP contribution >= 0.6 is 0 Å². The highest BCUT2D eigenvalue weighted by molar-refractivity contribution is 5.90. The van der Waals surface area contributed by atoms with Crippen molar-refractivity contribution in [1.29, 1.82) is 0 Å². The Hall–Kier alpha value is -1.95. The van der Waals surface area contributed by atoms with Crippen LogP contribution in [0.5, 0.6) is 0 Å². The molecule has 1 rings (SSSR count). The molecule has 1 N–H and O–H groups in total. The Labute approximate surface area is 122 Å². The predicted octanol–water partition coefficient (Wildman–Crippen LogP) is 4.10. The van der Waals surface area contributed by atoms with Gasteiger partial charge in [-0.1, -0.05) is 37.3 Å². The molecule has 0 aliphatic carbocycles. The van der Waals surface area contributed by atoms with Gasteiger partial charge in [-0.2, -0.15) is 0 Å². The van der Waals surface area contributed by atoms with Gasteiger partial charge in [0.25, 0.3) is 0 Å². The summed E-state index contributed by atoms with van der Waals surface area (Å²) in [5, 5.41) is 2.94. The molecule has 0 aliphatic rings. The van der Waals surface area contributed by atoms with Crippen LogP contribution in [0.4, 0.5) is 10.5 Å². The van der Waals surface area contributed by atoms with Crippen molar-refractivity contribution in [1.82, 2.24) is 4.90 Å². The second kappa shape index (κ2) is 9.03. The Morgan fingerprint density at radius 1 is 1.20 bits per heavy atom. The molecule has 0 saturated heterocycles. The zero-order valence-electron chi connectivity index (χ0n) is 12.7. The number of anilines is 1. The van der Waals surface area contributed by atoms with Crippen LogP contribution in [-0.2, 0) is 0 Å². The Balaban J connectivity index is 2.79. The maximum absolute atomic E-state index is 12.1. The van der Waals surface area contributed by atoms with E-state index in [2.05, 4.69) is 24.1 Å². The monoisotopic (exact) mass is 272 g/mol. The number of carbonyl (C=O) groups is 1. The van der Waals surface area contributed by atoms with Crippen LogP contribution in [0.3, 0.4) is 0 Å². The molecular formula is C17H24N2O. The van der Waals surface area contributed by atoms with Gasteiger partial charge in [-0.3, -0.25) is 0 Å². The Morgan fingerprint density at radius 2 is 1.90 bits per heavy atom. The molecule has 0 fully saturated rings. The molecule has 0 aromatic heterocycles. The summed E-state index contributed by atoms with van der Waals surface area (Å²) in [5.74, 6) is 6.30. The number of carbonyl (C=O) groups excluding carboxylic acids is 1. The van der Waals surface area contributed by atoms with E-state index < -0.39 is 0 Å². The lowest BCUT2D eigenvalue weighted by Crippen LogP contribution is -2.34. The van der Waals surface area contributed by atoms with Crippen molar-refractivity contribution < 1.29 is 4.79 Å². The first-order valence-electron chi connectivity index (χ1n) is 7.36. The zero-order valence-corrected chi connectivity index (χ0v) is 12.7. The lowest BCUT2D eigenvalue weighted by molar-refractivity contribution is 0.217. The molecule has 0 aliphatic heterocycles. The topological polar surface area (TPSA) is 32.3 Å². The maximum Gasteiger partial charge on any atom is 0.321 e.